The smallest absolute Gasteiger partial charge is 0.251 e. The summed E-state index contributed by atoms with van der Waals surface area (Å²) in [4.78, 5) is 25.6. The molecule has 0 saturated carbocycles. The van der Waals surface area contributed by atoms with Crippen LogP contribution in [-0.2, 0) is 11.3 Å². The number of nitrogens with zero attached hydrogens (tertiary/aromatic N) is 4. The monoisotopic (exact) mass is 364 g/mol. The summed E-state index contributed by atoms with van der Waals surface area (Å²) in [6.45, 7) is 1.85. The molecule has 138 valence electrons. The maximum absolute atomic E-state index is 13.1. The van der Waals surface area contributed by atoms with E-state index in [9.17, 15) is 9.59 Å². The topological polar surface area (TPSA) is 93.3 Å². The standard InChI is InChI=1S/C19H20N6O2/c26-17-6-3-4-14-12-8-13(10-20-9-12)18(25(14)17)19(27)21-11-16-23-22-15-5-1-2-7-24(15)16/h1-7,12-13,18,20H,8-11H2,(H,21,27)/t12-,13+,18-/m1/s1. The van der Waals surface area contributed by atoms with Gasteiger partial charge in [-0.05, 0) is 24.6 Å². The van der Waals surface area contributed by atoms with Crippen LogP contribution in [0.5, 0.6) is 0 Å². The van der Waals surface area contributed by atoms with Gasteiger partial charge >= 0.3 is 0 Å². The van der Waals surface area contributed by atoms with Crippen molar-refractivity contribution in [3.63, 3.8) is 0 Å². The second-order valence-electron chi connectivity index (χ2n) is 7.22. The molecule has 0 radical (unpaired) electrons. The number of hydrogen-bond acceptors (Lipinski definition) is 5. The van der Waals surface area contributed by atoms with E-state index in [0.717, 1.165) is 30.9 Å². The molecule has 2 N–H and O–H groups in total. The summed E-state index contributed by atoms with van der Waals surface area (Å²) in [5.41, 5.74) is 1.57. The molecular weight excluding hydrogens is 344 g/mol. The third-order valence-electron chi connectivity index (χ3n) is 5.62. The molecular formula is C19H20N6O2. The quantitative estimate of drug-likeness (QED) is 0.704. The molecule has 0 aromatic carbocycles. The van der Waals surface area contributed by atoms with E-state index in [4.69, 9.17) is 0 Å². The largest absolute Gasteiger partial charge is 0.347 e. The van der Waals surface area contributed by atoms with Crippen LogP contribution < -0.4 is 16.2 Å². The predicted octanol–water partition coefficient (Wildman–Crippen LogP) is 0.455. The van der Waals surface area contributed by atoms with Gasteiger partial charge in [0.15, 0.2) is 11.5 Å². The Hall–Kier alpha value is -3.00. The van der Waals surface area contributed by atoms with Gasteiger partial charge in [-0.3, -0.25) is 18.6 Å². The number of nitrogens with one attached hydrogen (secondary N) is 2. The molecule has 2 aliphatic rings. The number of hydrogen-bond donors (Lipinski definition) is 2. The predicted molar refractivity (Wildman–Crippen MR) is 98.3 cm³/mol. The lowest BCUT2D eigenvalue weighted by Gasteiger charge is -2.42. The van der Waals surface area contributed by atoms with Crippen molar-refractivity contribution in [1.82, 2.24) is 29.8 Å². The maximum Gasteiger partial charge on any atom is 0.251 e. The fourth-order valence-corrected chi connectivity index (χ4v) is 4.41. The first kappa shape index (κ1) is 16.2. The van der Waals surface area contributed by atoms with Crippen molar-refractivity contribution in [2.75, 3.05) is 13.1 Å². The van der Waals surface area contributed by atoms with E-state index in [1.807, 2.05) is 34.9 Å². The highest BCUT2D eigenvalue weighted by molar-refractivity contribution is 5.81. The van der Waals surface area contributed by atoms with Gasteiger partial charge in [-0.2, -0.15) is 0 Å². The van der Waals surface area contributed by atoms with Crippen LogP contribution in [0, 0.1) is 5.92 Å². The van der Waals surface area contributed by atoms with Crippen molar-refractivity contribution in [3.8, 4) is 0 Å². The third kappa shape index (κ3) is 2.64. The molecule has 5 heterocycles. The first-order valence-corrected chi connectivity index (χ1v) is 9.21. The van der Waals surface area contributed by atoms with Crippen molar-refractivity contribution >= 4 is 11.6 Å². The van der Waals surface area contributed by atoms with Gasteiger partial charge in [0, 0.05) is 42.9 Å². The summed E-state index contributed by atoms with van der Waals surface area (Å²) in [5.74, 6) is 0.896. The molecule has 3 atom stereocenters. The number of rotatable bonds is 3. The number of fused-ring (bicyclic) bond motifs is 5. The van der Waals surface area contributed by atoms with Gasteiger partial charge in [0.05, 0.1) is 6.54 Å². The van der Waals surface area contributed by atoms with Gasteiger partial charge in [0.2, 0.25) is 5.91 Å². The Morgan fingerprint density at radius 3 is 3.04 bits per heavy atom. The Morgan fingerprint density at radius 1 is 1.19 bits per heavy atom. The second kappa shape index (κ2) is 6.31. The minimum atomic E-state index is -0.503. The number of pyridine rings is 2. The lowest BCUT2D eigenvalue weighted by Crippen LogP contribution is -2.52. The van der Waals surface area contributed by atoms with E-state index in [1.54, 1.807) is 10.6 Å². The molecule has 1 amide bonds. The Labute approximate surface area is 155 Å². The van der Waals surface area contributed by atoms with E-state index in [0.29, 0.717) is 5.82 Å². The molecule has 3 aromatic rings. The molecule has 3 aromatic heterocycles. The molecule has 5 rings (SSSR count). The number of aromatic nitrogens is 4. The molecule has 0 aliphatic carbocycles. The van der Waals surface area contributed by atoms with Gasteiger partial charge in [-0.1, -0.05) is 12.1 Å². The van der Waals surface area contributed by atoms with Crippen LogP contribution in [0.3, 0.4) is 0 Å². The van der Waals surface area contributed by atoms with E-state index in [2.05, 4.69) is 20.8 Å². The maximum atomic E-state index is 13.1. The summed E-state index contributed by atoms with van der Waals surface area (Å²) in [6.07, 6.45) is 2.79. The lowest BCUT2D eigenvalue weighted by molar-refractivity contribution is -0.127. The Kier molecular flexibility index (Phi) is 3.78. The SMILES string of the molecule is O=C(NCc1nnc2ccccn12)[C@H]1[C@@H]2CNC[C@@H](C2)c2cccc(=O)n21. The summed E-state index contributed by atoms with van der Waals surface area (Å²) < 4.78 is 3.54. The van der Waals surface area contributed by atoms with Crippen LogP contribution in [0.25, 0.3) is 5.65 Å². The van der Waals surface area contributed by atoms with Crippen LogP contribution in [0.1, 0.15) is 29.9 Å². The number of amides is 1. The molecule has 8 nitrogen and oxygen atoms in total. The van der Waals surface area contributed by atoms with Crippen molar-refractivity contribution < 1.29 is 4.79 Å². The zero-order valence-electron chi connectivity index (χ0n) is 14.7. The first-order chi connectivity index (χ1) is 13.2. The summed E-state index contributed by atoms with van der Waals surface area (Å²) >= 11 is 0. The highest BCUT2D eigenvalue weighted by Gasteiger charge is 2.41. The van der Waals surface area contributed by atoms with Gasteiger partial charge in [0.1, 0.15) is 6.04 Å². The third-order valence-corrected chi connectivity index (χ3v) is 5.62. The second-order valence-corrected chi connectivity index (χ2v) is 7.22. The van der Waals surface area contributed by atoms with Crippen LogP contribution in [0.2, 0.25) is 0 Å². The fourth-order valence-electron chi connectivity index (χ4n) is 4.41. The molecule has 27 heavy (non-hydrogen) atoms. The lowest BCUT2D eigenvalue weighted by atomic mass is 9.79. The van der Waals surface area contributed by atoms with Crippen molar-refractivity contribution in [3.05, 3.63) is 64.5 Å². The van der Waals surface area contributed by atoms with E-state index in [-0.39, 0.29) is 29.8 Å². The molecule has 1 fully saturated rings. The molecule has 0 unspecified atom stereocenters. The summed E-state index contributed by atoms with van der Waals surface area (Å²) in [6, 6.07) is 10.4. The zero-order valence-corrected chi connectivity index (χ0v) is 14.7. The summed E-state index contributed by atoms with van der Waals surface area (Å²) in [5, 5.41) is 14.6. The molecule has 2 aliphatic heterocycles. The van der Waals surface area contributed by atoms with Crippen LogP contribution in [0.15, 0.2) is 47.4 Å². The van der Waals surface area contributed by atoms with E-state index >= 15 is 0 Å². The molecule has 2 bridgehead atoms. The van der Waals surface area contributed by atoms with Crippen molar-refractivity contribution in [2.24, 2.45) is 5.92 Å². The normalized spacial score (nSPS) is 23.8. The van der Waals surface area contributed by atoms with Gasteiger partial charge in [-0.25, -0.2) is 0 Å². The van der Waals surface area contributed by atoms with E-state index < -0.39 is 6.04 Å². The summed E-state index contributed by atoms with van der Waals surface area (Å²) in [7, 11) is 0. The van der Waals surface area contributed by atoms with Crippen molar-refractivity contribution in [2.45, 2.75) is 24.9 Å². The van der Waals surface area contributed by atoms with Gasteiger partial charge < -0.3 is 10.6 Å². The molecule has 8 heteroatoms. The number of carbonyl (C=O) groups excluding carboxylic acids is 1. The number of piperidine rings is 1. The van der Waals surface area contributed by atoms with Crippen LogP contribution >= 0.6 is 0 Å². The number of carbonyl (C=O) groups is 1. The molecule has 0 spiro atoms. The van der Waals surface area contributed by atoms with Gasteiger partial charge in [-0.15, -0.1) is 10.2 Å². The fraction of sp³-hybridized carbons (Fsp3) is 0.368. The minimum Gasteiger partial charge on any atom is -0.347 e. The van der Waals surface area contributed by atoms with Gasteiger partial charge in [0.25, 0.3) is 5.56 Å². The Bertz CT molecular complexity index is 1070. The van der Waals surface area contributed by atoms with Crippen LogP contribution in [-0.4, -0.2) is 38.2 Å². The zero-order chi connectivity index (χ0) is 18.4. The Morgan fingerprint density at radius 2 is 2.11 bits per heavy atom. The van der Waals surface area contributed by atoms with Crippen LogP contribution in [0.4, 0.5) is 0 Å². The molecule has 1 saturated heterocycles. The minimum absolute atomic E-state index is 0.103. The Balaban J connectivity index is 1.44. The average molecular weight is 364 g/mol. The average Bonchev–Trinajstić information content (AvgIpc) is 3.11. The highest BCUT2D eigenvalue weighted by Crippen LogP contribution is 2.38. The van der Waals surface area contributed by atoms with Crippen molar-refractivity contribution in [1.29, 1.82) is 0 Å². The van der Waals surface area contributed by atoms with E-state index in [1.165, 1.54) is 6.07 Å². The first-order valence-electron chi connectivity index (χ1n) is 9.21. The highest BCUT2D eigenvalue weighted by atomic mass is 16.2.